The summed E-state index contributed by atoms with van der Waals surface area (Å²) < 4.78 is 0. The lowest BCUT2D eigenvalue weighted by Crippen LogP contribution is -2.48. The van der Waals surface area contributed by atoms with Crippen LogP contribution < -0.4 is 16.0 Å². The van der Waals surface area contributed by atoms with Gasteiger partial charge in [-0.15, -0.1) is 0 Å². The first-order valence-electron chi connectivity index (χ1n) is 9.14. The summed E-state index contributed by atoms with van der Waals surface area (Å²) in [6.07, 6.45) is 3.52. The summed E-state index contributed by atoms with van der Waals surface area (Å²) in [5, 5.41) is 8.88. The number of amides is 3. The van der Waals surface area contributed by atoms with E-state index < -0.39 is 0 Å². The van der Waals surface area contributed by atoms with E-state index in [-0.39, 0.29) is 24.0 Å². The molecule has 0 aliphatic carbocycles. The molecule has 1 fully saturated rings. The molecule has 2 aromatic rings. The molecular formula is C20H25N5O2. The first-order chi connectivity index (χ1) is 13.0. The summed E-state index contributed by atoms with van der Waals surface area (Å²) in [6, 6.07) is 10.6. The minimum absolute atomic E-state index is 0.0379. The van der Waals surface area contributed by atoms with Gasteiger partial charge in [-0.25, -0.2) is 4.79 Å². The molecule has 3 amide bonds. The lowest BCUT2D eigenvalue weighted by Gasteiger charge is -2.36. The van der Waals surface area contributed by atoms with Gasteiger partial charge in [-0.3, -0.25) is 9.78 Å². The third kappa shape index (κ3) is 4.83. The molecule has 0 saturated carbocycles. The van der Waals surface area contributed by atoms with Crippen molar-refractivity contribution in [3.8, 4) is 0 Å². The number of urea groups is 1. The highest BCUT2D eigenvalue weighted by molar-refractivity contribution is 5.97. The molecule has 1 atom stereocenters. The van der Waals surface area contributed by atoms with Gasteiger partial charge < -0.3 is 20.9 Å². The van der Waals surface area contributed by atoms with Crippen LogP contribution in [0.1, 0.15) is 35.8 Å². The van der Waals surface area contributed by atoms with Crippen LogP contribution in [0.2, 0.25) is 0 Å². The Kier molecular flexibility index (Phi) is 6.03. The number of carbonyl (C=O) groups is 2. The maximum Gasteiger partial charge on any atom is 0.319 e. The molecule has 1 aliphatic heterocycles. The van der Waals surface area contributed by atoms with Gasteiger partial charge in [0.2, 0.25) is 0 Å². The molecule has 1 saturated heterocycles. The molecule has 1 aliphatic rings. The van der Waals surface area contributed by atoms with Crippen LogP contribution in [0, 0.1) is 0 Å². The zero-order valence-electron chi connectivity index (χ0n) is 15.6. The van der Waals surface area contributed by atoms with Crippen LogP contribution in [0.25, 0.3) is 0 Å². The van der Waals surface area contributed by atoms with E-state index in [0.717, 1.165) is 12.1 Å². The number of nitrogens with one attached hydrogen (secondary N) is 3. The van der Waals surface area contributed by atoms with Crippen LogP contribution in [0.15, 0.2) is 48.8 Å². The van der Waals surface area contributed by atoms with Crippen molar-refractivity contribution in [2.45, 2.75) is 25.9 Å². The normalized spacial score (nSPS) is 16.9. The van der Waals surface area contributed by atoms with Gasteiger partial charge >= 0.3 is 6.03 Å². The van der Waals surface area contributed by atoms with E-state index in [2.05, 4.69) is 20.9 Å². The maximum atomic E-state index is 13.1. The van der Waals surface area contributed by atoms with Gasteiger partial charge in [0.05, 0.1) is 6.04 Å². The topological polar surface area (TPSA) is 86.4 Å². The van der Waals surface area contributed by atoms with E-state index >= 15 is 0 Å². The molecule has 0 bridgehead atoms. The van der Waals surface area contributed by atoms with Crippen molar-refractivity contribution in [2.75, 3.05) is 25.0 Å². The summed E-state index contributed by atoms with van der Waals surface area (Å²) in [5.74, 6) is -0.0572. The Morgan fingerprint density at radius 2 is 2.11 bits per heavy atom. The smallest absolute Gasteiger partial charge is 0.319 e. The van der Waals surface area contributed by atoms with E-state index in [0.29, 0.717) is 24.3 Å². The number of pyridine rings is 1. The fourth-order valence-corrected chi connectivity index (χ4v) is 3.14. The molecule has 1 aromatic heterocycles. The minimum atomic E-state index is -0.287. The first kappa shape index (κ1) is 18.8. The number of anilines is 1. The highest BCUT2D eigenvalue weighted by Gasteiger charge is 2.28. The molecule has 3 rings (SSSR count). The van der Waals surface area contributed by atoms with E-state index in [1.807, 2.05) is 30.9 Å². The lowest BCUT2D eigenvalue weighted by molar-refractivity contribution is 0.0634. The number of carbonyl (C=O) groups excluding carboxylic acids is 2. The molecule has 3 N–H and O–H groups in total. The lowest BCUT2D eigenvalue weighted by atomic mass is 10.0. The Hall–Kier alpha value is -2.93. The van der Waals surface area contributed by atoms with E-state index in [1.54, 1.807) is 36.7 Å². The van der Waals surface area contributed by atoms with Crippen molar-refractivity contribution in [1.82, 2.24) is 20.5 Å². The van der Waals surface area contributed by atoms with Gasteiger partial charge in [0.25, 0.3) is 5.91 Å². The SMILES string of the molecule is CC(C)NC(=O)Nc1cccc(C(=O)N2CCNCC2c2cccnc2)c1. The van der Waals surface area contributed by atoms with E-state index in [4.69, 9.17) is 0 Å². The van der Waals surface area contributed by atoms with Crippen molar-refractivity contribution >= 4 is 17.6 Å². The third-order valence-electron chi connectivity index (χ3n) is 4.36. The molecule has 142 valence electrons. The monoisotopic (exact) mass is 367 g/mol. The predicted octanol–water partition coefficient (Wildman–Crippen LogP) is 2.40. The van der Waals surface area contributed by atoms with Crippen LogP contribution in [0.4, 0.5) is 10.5 Å². The standard InChI is InChI=1S/C20H25N5O2/c1-14(2)23-20(27)24-17-7-3-5-15(11-17)19(26)25-10-9-22-13-18(25)16-6-4-8-21-12-16/h3-8,11-12,14,18,22H,9-10,13H2,1-2H3,(H2,23,24,27). The van der Waals surface area contributed by atoms with Crippen molar-refractivity contribution < 1.29 is 9.59 Å². The van der Waals surface area contributed by atoms with E-state index in [1.165, 1.54) is 0 Å². The zero-order chi connectivity index (χ0) is 19.2. The number of piperazine rings is 1. The van der Waals surface area contributed by atoms with Gasteiger partial charge in [0.15, 0.2) is 0 Å². The molecule has 1 unspecified atom stereocenters. The number of nitrogens with zero attached hydrogens (tertiary/aromatic N) is 2. The highest BCUT2D eigenvalue weighted by atomic mass is 16.2. The summed E-state index contributed by atoms with van der Waals surface area (Å²) in [5.41, 5.74) is 2.14. The van der Waals surface area contributed by atoms with Crippen LogP contribution in [0.3, 0.4) is 0 Å². The van der Waals surface area contributed by atoms with Gasteiger partial charge in [0.1, 0.15) is 0 Å². The average Bonchev–Trinajstić information content (AvgIpc) is 2.67. The van der Waals surface area contributed by atoms with E-state index in [9.17, 15) is 9.59 Å². The molecule has 0 radical (unpaired) electrons. The Balaban J connectivity index is 1.78. The van der Waals surface area contributed by atoms with Crippen LogP contribution >= 0.6 is 0 Å². The summed E-state index contributed by atoms with van der Waals surface area (Å²) in [4.78, 5) is 31.1. The molecule has 1 aromatic carbocycles. The van der Waals surface area contributed by atoms with Crippen molar-refractivity contribution in [2.24, 2.45) is 0 Å². The second kappa shape index (κ2) is 8.64. The number of hydrogen-bond acceptors (Lipinski definition) is 4. The Labute approximate surface area is 159 Å². The van der Waals surface area contributed by atoms with Crippen LogP contribution in [0.5, 0.6) is 0 Å². The summed E-state index contributed by atoms with van der Waals surface area (Å²) >= 11 is 0. The molecule has 7 nitrogen and oxygen atoms in total. The molecule has 7 heteroatoms. The van der Waals surface area contributed by atoms with Gasteiger partial charge in [0, 0.05) is 49.3 Å². The van der Waals surface area contributed by atoms with Gasteiger partial charge in [-0.2, -0.15) is 0 Å². The Morgan fingerprint density at radius 1 is 1.26 bits per heavy atom. The number of hydrogen-bond donors (Lipinski definition) is 3. The fourth-order valence-electron chi connectivity index (χ4n) is 3.14. The van der Waals surface area contributed by atoms with Crippen molar-refractivity contribution in [1.29, 1.82) is 0 Å². The second-order valence-electron chi connectivity index (χ2n) is 6.84. The summed E-state index contributed by atoms with van der Waals surface area (Å²) in [7, 11) is 0. The van der Waals surface area contributed by atoms with Gasteiger partial charge in [-0.1, -0.05) is 12.1 Å². The quantitative estimate of drug-likeness (QED) is 0.774. The number of rotatable bonds is 4. The zero-order valence-corrected chi connectivity index (χ0v) is 15.6. The molecular weight excluding hydrogens is 342 g/mol. The predicted molar refractivity (Wildman–Crippen MR) is 105 cm³/mol. The molecule has 0 spiro atoms. The van der Waals surface area contributed by atoms with Gasteiger partial charge in [-0.05, 0) is 43.7 Å². The molecule has 2 heterocycles. The third-order valence-corrected chi connectivity index (χ3v) is 4.36. The fraction of sp³-hybridized carbons (Fsp3) is 0.350. The Morgan fingerprint density at radius 3 is 2.85 bits per heavy atom. The maximum absolute atomic E-state index is 13.1. The molecule has 27 heavy (non-hydrogen) atoms. The Bertz CT molecular complexity index is 794. The number of aromatic nitrogens is 1. The minimum Gasteiger partial charge on any atom is -0.336 e. The summed E-state index contributed by atoms with van der Waals surface area (Å²) in [6.45, 7) is 5.83. The number of benzene rings is 1. The largest absolute Gasteiger partial charge is 0.336 e. The first-order valence-corrected chi connectivity index (χ1v) is 9.14. The van der Waals surface area contributed by atoms with Crippen molar-refractivity contribution in [3.05, 3.63) is 59.9 Å². The van der Waals surface area contributed by atoms with Crippen LogP contribution in [-0.4, -0.2) is 47.5 Å². The van der Waals surface area contributed by atoms with Crippen LogP contribution in [-0.2, 0) is 0 Å². The second-order valence-corrected chi connectivity index (χ2v) is 6.84. The average molecular weight is 367 g/mol. The highest BCUT2D eigenvalue weighted by Crippen LogP contribution is 2.24. The van der Waals surface area contributed by atoms with Crippen molar-refractivity contribution in [3.63, 3.8) is 0 Å².